The summed E-state index contributed by atoms with van der Waals surface area (Å²) in [6.07, 6.45) is 0.760. The van der Waals surface area contributed by atoms with Crippen LogP contribution in [-0.2, 0) is 13.0 Å². The zero-order chi connectivity index (χ0) is 15.7. The van der Waals surface area contributed by atoms with Gasteiger partial charge in [-0.15, -0.1) is 0 Å². The first kappa shape index (κ1) is 14.6. The van der Waals surface area contributed by atoms with Crippen LogP contribution in [0.5, 0.6) is 0 Å². The maximum absolute atomic E-state index is 13.8. The van der Waals surface area contributed by atoms with Crippen LogP contribution in [0.1, 0.15) is 23.2 Å². The van der Waals surface area contributed by atoms with E-state index < -0.39 is 0 Å². The van der Waals surface area contributed by atoms with E-state index in [1.165, 1.54) is 28.0 Å². The molecule has 0 unspecified atom stereocenters. The SMILES string of the molecule is CCc1nn2c(=O)cc(CNc3ccc(C)cc3F)nc2s1. The molecule has 7 heteroatoms. The van der Waals surface area contributed by atoms with Gasteiger partial charge < -0.3 is 5.32 Å². The van der Waals surface area contributed by atoms with Gasteiger partial charge in [0.05, 0.1) is 17.9 Å². The Bertz CT molecular complexity index is 887. The highest BCUT2D eigenvalue weighted by Gasteiger charge is 2.08. The maximum Gasteiger partial charge on any atom is 0.275 e. The maximum atomic E-state index is 13.8. The third-order valence-electron chi connectivity index (χ3n) is 3.23. The predicted molar refractivity (Wildman–Crippen MR) is 85.0 cm³/mol. The van der Waals surface area contributed by atoms with Crippen LogP contribution in [-0.4, -0.2) is 14.6 Å². The number of aryl methyl sites for hydroxylation is 2. The molecule has 0 aliphatic heterocycles. The van der Waals surface area contributed by atoms with E-state index in [1.54, 1.807) is 6.07 Å². The quantitative estimate of drug-likeness (QED) is 0.803. The zero-order valence-electron chi connectivity index (χ0n) is 12.3. The summed E-state index contributed by atoms with van der Waals surface area (Å²) in [7, 11) is 0. The second-order valence-electron chi connectivity index (χ2n) is 4.97. The molecule has 0 bridgehead atoms. The van der Waals surface area contributed by atoms with E-state index in [0.717, 1.165) is 17.0 Å². The van der Waals surface area contributed by atoms with E-state index in [2.05, 4.69) is 15.4 Å². The lowest BCUT2D eigenvalue weighted by molar-refractivity contribution is 0.629. The first-order valence-corrected chi connectivity index (χ1v) is 7.77. The lowest BCUT2D eigenvalue weighted by atomic mass is 10.2. The second-order valence-corrected chi connectivity index (χ2v) is 6.01. The fraction of sp³-hybridized carbons (Fsp3) is 0.267. The molecule has 0 atom stereocenters. The molecular formula is C15H15FN4OS. The highest BCUT2D eigenvalue weighted by atomic mass is 32.1. The molecule has 0 aliphatic rings. The van der Waals surface area contributed by atoms with E-state index in [0.29, 0.717) is 16.3 Å². The number of halogens is 1. The molecule has 0 spiro atoms. The molecule has 1 aromatic carbocycles. The number of benzene rings is 1. The molecule has 114 valence electrons. The summed E-state index contributed by atoms with van der Waals surface area (Å²) in [5.74, 6) is -0.316. The van der Waals surface area contributed by atoms with Crippen molar-refractivity contribution in [2.24, 2.45) is 0 Å². The zero-order valence-corrected chi connectivity index (χ0v) is 13.1. The number of rotatable bonds is 4. The smallest absolute Gasteiger partial charge is 0.275 e. The van der Waals surface area contributed by atoms with Crippen LogP contribution in [0.25, 0.3) is 4.96 Å². The van der Waals surface area contributed by atoms with Gasteiger partial charge in [-0.3, -0.25) is 4.79 Å². The molecule has 3 rings (SSSR count). The van der Waals surface area contributed by atoms with Crippen LogP contribution < -0.4 is 10.9 Å². The van der Waals surface area contributed by atoms with Gasteiger partial charge in [0.2, 0.25) is 4.96 Å². The summed E-state index contributed by atoms with van der Waals surface area (Å²) in [5.41, 5.74) is 1.60. The lowest BCUT2D eigenvalue weighted by Crippen LogP contribution is -2.17. The van der Waals surface area contributed by atoms with Crippen LogP contribution in [0.15, 0.2) is 29.1 Å². The summed E-state index contributed by atoms with van der Waals surface area (Å²) in [5, 5.41) is 8.02. The Morgan fingerprint density at radius 2 is 2.18 bits per heavy atom. The highest BCUT2D eigenvalue weighted by molar-refractivity contribution is 7.16. The van der Waals surface area contributed by atoms with Crippen molar-refractivity contribution in [3.63, 3.8) is 0 Å². The Kier molecular flexibility index (Phi) is 3.89. The minimum absolute atomic E-state index is 0.220. The Morgan fingerprint density at radius 3 is 2.91 bits per heavy atom. The molecule has 1 N–H and O–H groups in total. The molecular weight excluding hydrogens is 303 g/mol. The Morgan fingerprint density at radius 1 is 1.36 bits per heavy atom. The van der Waals surface area contributed by atoms with Crippen LogP contribution in [0.2, 0.25) is 0 Å². The van der Waals surface area contributed by atoms with E-state index >= 15 is 0 Å². The Labute approximate surface area is 130 Å². The van der Waals surface area contributed by atoms with Gasteiger partial charge in [0.1, 0.15) is 10.8 Å². The topological polar surface area (TPSA) is 59.3 Å². The van der Waals surface area contributed by atoms with Gasteiger partial charge >= 0.3 is 0 Å². The largest absolute Gasteiger partial charge is 0.377 e. The van der Waals surface area contributed by atoms with E-state index in [9.17, 15) is 9.18 Å². The minimum atomic E-state index is -0.316. The number of anilines is 1. The first-order chi connectivity index (χ1) is 10.6. The standard InChI is InChI=1S/C15H15FN4OS/c1-3-13-19-20-14(21)7-10(18-15(20)22-13)8-17-12-5-4-9(2)6-11(12)16/h4-7,17H,3,8H2,1-2H3. The number of nitrogens with one attached hydrogen (secondary N) is 1. The summed E-state index contributed by atoms with van der Waals surface area (Å²) < 4.78 is 15.1. The van der Waals surface area contributed by atoms with Crippen molar-refractivity contribution in [2.75, 3.05) is 5.32 Å². The van der Waals surface area contributed by atoms with Crippen molar-refractivity contribution in [1.82, 2.24) is 14.6 Å². The molecule has 22 heavy (non-hydrogen) atoms. The minimum Gasteiger partial charge on any atom is -0.377 e. The Hall–Kier alpha value is -2.28. The number of hydrogen-bond donors (Lipinski definition) is 1. The number of fused-ring (bicyclic) bond motifs is 1. The van der Waals surface area contributed by atoms with Gasteiger partial charge in [-0.25, -0.2) is 9.37 Å². The molecule has 5 nitrogen and oxygen atoms in total. The van der Waals surface area contributed by atoms with Crippen LogP contribution in [0.3, 0.4) is 0 Å². The summed E-state index contributed by atoms with van der Waals surface area (Å²) >= 11 is 1.39. The molecule has 0 fully saturated rings. The third kappa shape index (κ3) is 2.85. The van der Waals surface area contributed by atoms with Crippen LogP contribution >= 0.6 is 11.3 Å². The van der Waals surface area contributed by atoms with Gasteiger partial charge in [-0.2, -0.15) is 9.61 Å². The fourth-order valence-corrected chi connectivity index (χ4v) is 2.94. The second kappa shape index (κ2) is 5.84. The lowest BCUT2D eigenvalue weighted by Gasteiger charge is -2.07. The molecule has 0 saturated heterocycles. The van der Waals surface area contributed by atoms with E-state index in [4.69, 9.17) is 0 Å². The molecule has 2 aromatic heterocycles. The number of hydrogen-bond acceptors (Lipinski definition) is 5. The van der Waals surface area contributed by atoms with Crippen molar-refractivity contribution < 1.29 is 4.39 Å². The molecule has 2 heterocycles. The molecule has 0 aliphatic carbocycles. The van der Waals surface area contributed by atoms with Crippen molar-refractivity contribution >= 4 is 22.0 Å². The molecule has 0 saturated carbocycles. The molecule has 3 aromatic rings. The monoisotopic (exact) mass is 318 g/mol. The van der Waals surface area contributed by atoms with Crippen molar-refractivity contribution in [3.8, 4) is 0 Å². The first-order valence-electron chi connectivity index (χ1n) is 6.95. The van der Waals surface area contributed by atoms with Crippen molar-refractivity contribution in [3.05, 3.63) is 56.7 Å². The molecule has 0 radical (unpaired) electrons. The van der Waals surface area contributed by atoms with Gasteiger partial charge in [-0.1, -0.05) is 24.3 Å². The molecule has 0 amide bonds. The van der Waals surface area contributed by atoms with Crippen molar-refractivity contribution in [2.45, 2.75) is 26.8 Å². The van der Waals surface area contributed by atoms with Gasteiger partial charge in [-0.05, 0) is 31.0 Å². The Balaban J connectivity index is 1.86. The van der Waals surface area contributed by atoms with E-state index in [1.807, 2.05) is 19.9 Å². The van der Waals surface area contributed by atoms with Crippen LogP contribution in [0, 0.1) is 12.7 Å². The van der Waals surface area contributed by atoms with Crippen LogP contribution in [0.4, 0.5) is 10.1 Å². The van der Waals surface area contributed by atoms with Gasteiger partial charge in [0, 0.05) is 6.07 Å². The van der Waals surface area contributed by atoms with Gasteiger partial charge in [0.15, 0.2) is 0 Å². The van der Waals surface area contributed by atoms with Crippen molar-refractivity contribution in [1.29, 1.82) is 0 Å². The summed E-state index contributed by atoms with van der Waals surface area (Å²) in [6.45, 7) is 4.09. The van der Waals surface area contributed by atoms with E-state index in [-0.39, 0.29) is 17.9 Å². The predicted octanol–water partition coefficient (Wildman–Crippen LogP) is 2.77. The summed E-state index contributed by atoms with van der Waals surface area (Å²) in [4.78, 5) is 17.0. The highest BCUT2D eigenvalue weighted by Crippen LogP contribution is 2.16. The summed E-state index contributed by atoms with van der Waals surface area (Å²) in [6, 6.07) is 6.39. The van der Waals surface area contributed by atoms with Gasteiger partial charge in [0.25, 0.3) is 5.56 Å². The number of aromatic nitrogens is 3. The average molecular weight is 318 g/mol. The number of nitrogens with zero attached hydrogens (tertiary/aromatic N) is 3. The average Bonchev–Trinajstić information content (AvgIpc) is 2.90. The normalized spacial score (nSPS) is 11.0. The third-order valence-corrected chi connectivity index (χ3v) is 4.28. The fourth-order valence-electron chi connectivity index (χ4n) is 2.08.